The van der Waals surface area contributed by atoms with Gasteiger partial charge in [0.05, 0.1) is 12.1 Å². The fourth-order valence-corrected chi connectivity index (χ4v) is 2.52. The number of aryl methyl sites for hydroxylation is 2. The van der Waals surface area contributed by atoms with Gasteiger partial charge in [-0.15, -0.1) is 0 Å². The zero-order valence-electron chi connectivity index (χ0n) is 15.3. The average Bonchev–Trinajstić information content (AvgIpc) is 2.66. The number of carbonyl (C=O) groups is 3. The maximum atomic E-state index is 12.1. The number of amides is 1. The van der Waals surface area contributed by atoms with Gasteiger partial charge in [-0.25, -0.2) is 0 Å². The molecule has 142 valence electrons. The number of nitrogens with one attached hydrogen (secondary N) is 1. The molecule has 6 nitrogen and oxygen atoms in total. The van der Waals surface area contributed by atoms with Crippen molar-refractivity contribution in [3.63, 3.8) is 0 Å². The molecule has 0 spiro atoms. The number of carbonyl (C=O) groups excluding carboxylic acids is 3. The number of rotatable bonds is 7. The molecule has 0 bridgehead atoms. The highest BCUT2D eigenvalue weighted by atomic mass is 35.5. The minimum absolute atomic E-state index is 0.287. The molecule has 2 rings (SSSR count). The van der Waals surface area contributed by atoms with E-state index in [9.17, 15) is 14.4 Å². The lowest BCUT2D eigenvalue weighted by Crippen LogP contribution is -2.31. The van der Waals surface area contributed by atoms with E-state index in [2.05, 4.69) is 5.32 Å². The molecular weight excluding hydrogens is 370 g/mol. The predicted octanol–water partition coefficient (Wildman–Crippen LogP) is 3.12. The van der Waals surface area contributed by atoms with Crippen LogP contribution in [0.4, 0.5) is 0 Å². The Morgan fingerprint density at radius 1 is 1.00 bits per heavy atom. The summed E-state index contributed by atoms with van der Waals surface area (Å²) in [6.07, 6.45) is 0. The van der Waals surface area contributed by atoms with Gasteiger partial charge in [0.15, 0.2) is 12.4 Å². The molecule has 0 atom stereocenters. The number of Topliss-reactive ketones (excluding diaryl/α,β-unsaturated/α-hetero) is 1. The molecule has 0 aromatic heterocycles. The molecule has 0 aliphatic heterocycles. The molecule has 0 saturated carbocycles. The number of halogens is 1. The van der Waals surface area contributed by atoms with E-state index in [1.54, 1.807) is 18.2 Å². The summed E-state index contributed by atoms with van der Waals surface area (Å²) in [7, 11) is 1.47. The first-order valence-electron chi connectivity index (χ1n) is 8.19. The minimum Gasteiger partial charge on any atom is -0.495 e. The SMILES string of the molecule is COc1ccc(C(=O)COC(=O)CNC(=O)c2ccc(C)c(C)c2)cc1Cl. The van der Waals surface area contributed by atoms with E-state index in [1.807, 2.05) is 19.9 Å². The molecule has 0 fully saturated rings. The summed E-state index contributed by atoms with van der Waals surface area (Å²) >= 11 is 5.97. The molecule has 27 heavy (non-hydrogen) atoms. The fraction of sp³-hybridized carbons (Fsp3) is 0.250. The second kappa shape index (κ2) is 9.19. The molecule has 2 aromatic rings. The number of esters is 1. The second-order valence-corrected chi connectivity index (χ2v) is 6.32. The zero-order valence-corrected chi connectivity index (χ0v) is 16.1. The lowest BCUT2D eigenvalue weighted by atomic mass is 10.1. The van der Waals surface area contributed by atoms with Gasteiger partial charge in [0, 0.05) is 11.1 Å². The van der Waals surface area contributed by atoms with E-state index < -0.39 is 18.4 Å². The van der Waals surface area contributed by atoms with Crippen molar-refractivity contribution >= 4 is 29.3 Å². The van der Waals surface area contributed by atoms with Crippen molar-refractivity contribution in [3.05, 3.63) is 63.7 Å². The number of ketones is 1. The normalized spacial score (nSPS) is 10.2. The monoisotopic (exact) mass is 389 g/mol. The van der Waals surface area contributed by atoms with Gasteiger partial charge >= 0.3 is 5.97 Å². The van der Waals surface area contributed by atoms with Gasteiger partial charge in [0.25, 0.3) is 5.91 Å². The molecule has 0 heterocycles. The van der Waals surface area contributed by atoms with Crippen molar-refractivity contribution in [2.45, 2.75) is 13.8 Å². The van der Waals surface area contributed by atoms with Crippen molar-refractivity contribution < 1.29 is 23.9 Å². The summed E-state index contributed by atoms with van der Waals surface area (Å²) in [6.45, 7) is 3.07. The standard InChI is InChI=1S/C20H20ClNO5/c1-12-4-5-15(8-13(12)2)20(25)22-10-19(24)27-11-17(23)14-6-7-18(26-3)16(21)9-14/h4-9H,10-11H2,1-3H3,(H,22,25). The summed E-state index contributed by atoms with van der Waals surface area (Å²) in [4.78, 5) is 35.9. The van der Waals surface area contributed by atoms with Crippen LogP contribution in [0.25, 0.3) is 0 Å². The molecule has 0 radical (unpaired) electrons. The topological polar surface area (TPSA) is 81.7 Å². The van der Waals surface area contributed by atoms with E-state index >= 15 is 0 Å². The lowest BCUT2D eigenvalue weighted by Gasteiger charge is -2.08. The van der Waals surface area contributed by atoms with Crippen molar-refractivity contribution in [2.24, 2.45) is 0 Å². The number of benzene rings is 2. The van der Waals surface area contributed by atoms with Crippen molar-refractivity contribution in [3.8, 4) is 5.75 Å². The Labute approximate surface area is 162 Å². The first kappa shape index (κ1) is 20.5. The van der Waals surface area contributed by atoms with Gasteiger partial charge in [-0.3, -0.25) is 14.4 Å². The molecule has 0 aliphatic carbocycles. The quantitative estimate of drug-likeness (QED) is 0.581. The molecule has 7 heteroatoms. The molecular formula is C20H20ClNO5. The average molecular weight is 390 g/mol. The summed E-state index contributed by atoms with van der Waals surface area (Å²) in [5.41, 5.74) is 2.81. The van der Waals surface area contributed by atoms with Crippen LogP contribution in [0.15, 0.2) is 36.4 Å². The number of hydrogen-bond acceptors (Lipinski definition) is 5. The third kappa shape index (κ3) is 5.56. The number of hydrogen-bond donors (Lipinski definition) is 1. The van der Waals surface area contributed by atoms with E-state index in [4.69, 9.17) is 21.1 Å². The van der Waals surface area contributed by atoms with Crippen LogP contribution in [-0.2, 0) is 9.53 Å². The van der Waals surface area contributed by atoms with E-state index in [1.165, 1.54) is 19.2 Å². The number of ether oxygens (including phenoxy) is 2. The first-order chi connectivity index (χ1) is 12.8. The van der Waals surface area contributed by atoms with Crippen LogP contribution in [0, 0.1) is 13.8 Å². The van der Waals surface area contributed by atoms with E-state index in [0.29, 0.717) is 16.9 Å². The van der Waals surface area contributed by atoms with Gasteiger partial charge in [-0.1, -0.05) is 17.7 Å². The Kier molecular flexibility index (Phi) is 6.96. The lowest BCUT2D eigenvalue weighted by molar-refractivity contribution is -0.141. The third-order valence-corrected chi connectivity index (χ3v) is 4.30. The Hall–Kier alpha value is -2.86. The van der Waals surface area contributed by atoms with Crippen LogP contribution in [-0.4, -0.2) is 37.9 Å². The van der Waals surface area contributed by atoms with Crippen LogP contribution in [0.1, 0.15) is 31.8 Å². The van der Waals surface area contributed by atoms with E-state index in [0.717, 1.165) is 11.1 Å². The Balaban J connectivity index is 1.83. The smallest absolute Gasteiger partial charge is 0.325 e. The molecule has 0 unspecified atom stereocenters. The highest BCUT2D eigenvalue weighted by Crippen LogP contribution is 2.25. The first-order valence-corrected chi connectivity index (χ1v) is 8.57. The minimum atomic E-state index is -0.708. The van der Waals surface area contributed by atoms with Gasteiger partial charge < -0.3 is 14.8 Å². The van der Waals surface area contributed by atoms with E-state index in [-0.39, 0.29) is 17.5 Å². The maximum absolute atomic E-state index is 12.1. The molecule has 0 aliphatic rings. The Morgan fingerprint density at radius 3 is 2.33 bits per heavy atom. The summed E-state index contributed by atoms with van der Waals surface area (Å²) in [6, 6.07) is 9.79. The molecule has 1 N–H and O–H groups in total. The molecule has 0 saturated heterocycles. The predicted molar refractivity (Wildman–Crippen MR) is 102 cm³/mol. The van der Waals surface area contributed by atoms with Gasteiger partial charge in [0.1, 0.15) is 12.3 Å². The zero-order chi connectivity index (χ0) is 20.0. The van der Waals surface area contributed by atoms with Crippen molar-refractivity contribution in [1.29, 1.82) is 0 Å². The Bertz CT molecular complexity index is 879. The molecule has 2 aromatic carbocycles. The van der Waals surface area contributed by atoms with Crippen LogP contribution in [0.2, 0.25) is 5.02 Å². The Morgan fingerprint density at radius 2 is 1.70 bits per heavy atom. The van der Waals surface area contributed by atoms with Crippen molar-refractivity contribution in [2.75, 3.05) is 20.3 Å². The highest BCUT2D eigenvalue weighted by molar-refractivity contribution is 6.32. The summed E-state index contributed by atoms with van der Waals surface area (Å²) < 4.78 is 9.92. The molecule has 1 amide bonds. The van der Waals surface area contributed by atoms with Crippen molar-refractivity contribution in [1.82, 2.24) is 5.32 Å². The third-order valence-electron chi connectivity index (χ3n) is 4.00. The van der Waals surface area contributed by atoms with Gasteiger partial charge in [-0.2, -0.15) is 0 Å². The highest BCUT2D eigenvalue weighted by Gasteiger charge is 2.14. The number of methoxy groups -OCH3 is 1. The van der Waals surface area contributed by atoms with Crippen LogP contribution in [0.5, 0.6) is 5.75 Å². The largest absolute Gasteiger partial charge is 0.495 e. The fourth-order valence-electron chi connectivity index (χ4n) is 2.26. The van der Waals surface area contributed by atoms with Gasteiger partial charge in [-0.05, 0) is 55.3 Å². The van der Waals surface area contributed by atoms with Crippen LogP contribution in [0.3, 0.4) is 0 Å². The van der Waals surface area contributed by atoms with Crippen LogP contribution >= 0.6 is 11.6 Å². The second-order valence-electron chi connectivity index (χ2n) is 5.91. The van der Waals surface area contributed by atoms with Gasteiger partial charge in [0.2, 0.25) is 0 Å². The maximum Gasteiger partial charge on any atom is 0.325 e. The summed E-state index contributed by atoms with van der Waals surface area (Å²) in [5.74, 6) is -1.06. The van der Waals surface area contributed by atoms with Crippen LogP contribution < -0.4 is 10.1 Å². The summed E-state index contributed by atoms with van der Waals surface area (Å²) in [5, 5.41) is 2.76.